The van der Waals surface area contributed by atoms with Crippen LogP contribution in [-0.2, 0) is 4.74 Å². The fraction of sp³-hybridized carbons (Fsp3) is 0.400. The molecule has 2 heteroatoms. The van der Waals surface area contributed by atoms with Crippen LogP contribution in [0.5, 0.6) is 5.75 Å². The largest absolute Gasteiger partial charge is 0.497 e. The molecule has 4 aromatic carbocycles. The van der Waals surface area contributed by atoms with Crippen LogP contribution in [0, 0.1) is 0 Å². The van der Waals surface area contributed by atoms with Gasteiger partial charge in [-0.25, -0.2) is 0 Å². The van der Waals surface area contributed by atoms with Gasteiger partial charge in [0, 0.05) is 14.2 Å². The van der Waals surface area contributed by atoms with Crippen LogP contribution in [0.1, 0.15) is 90.5 Å². The lowest BCUT2D eigenvalue weighted by atomic mass is 10.3. The van der Waals surface area contributed by atoms with Crippen molar-refractivity contribution in [1.82, 2.24) is 0 Å². The van der Waals surface area contributed by atoms with Crippen LogP contribution in [0.2, 0.25) is 0 Å². The maximum atomic E-state index is 4.91. The van der Waals surface area contributed by atoms with Gasteiger partial charge in [0.1, 0.15) is 5.75 Å². The molecule has 0 bridgehead atoms. The molecule has 42 heavy (non-hydrogen) atoms. The Hall–Kier alpha value is -3.36. The fourth-order valence-electron chi connectivity index (χ4n) is 1.71. The minimum atomic E-state index is 0. The highest BCUT2D eigenvalue weighted by Gasteiger charge is 1.80. The molecule has 0 fully saturated rings. The molecule has 0 spiro atoms. The Balaban J connectivity index is -0.0000000531. The number of ether oxygens (including phenoxy) is 2. The summed E-state index contributed by atoms with van der Waals surface area (Å²) in [6.45, 7) is 24.0. The second kappa shape index (κ2) is 83.2. The zero-order valence-corrected chi connectivity index (χ0v) is 29.6. The Morgan fingerprint density at radius 3 is 0.500 bits per heavy atom. The third-order valence-electron chi connectivity index (χ3n) is 2.98. The van der Waals surface area contributed by atoms with Crippen LogP contribution < -0.4 is 4.74 Å². The molecule has 0 amide bonds. The molecule has 244 valence electrons. The van der Waals surface area contributed by atoms with Gasteiger partial charge in [0.05, 0.1) is 7.11 Å². The normalized spacial score (nSPS) is 6.36. The van der Waals surface area contributed by atoms with Crippen molar-refractivity contribution in [3.63, 3.8) is 0 Å². The van der Waals surface area contributed by atoms with Crippen LogP contribution in [-0.4, -0.2) is 21.3 Å². The Bertz CT molecular complexity index is 576. The number of para-hydroxylation sites is 1. The molecule has 0 unspecified atom stereocenters. The van der Waals surface area contributed by atoms with E-state index in [1.807, 2.05) is 223 Å². The molecule has 0 aliphatic rings. The first-order valence-electron chi connectivity index (χ1n) is 15.3. The lowest BCUT2D eigenvalue weighted by Gasteiger charge is -1.93. The van der Waals surface area contributed by atoms with E-state index in [1.54, 1.807) is 21.3 Å². The molecule has 0 atom stereocenters. The van der Waals surface area contributed by atoms with Gasteiger partial charge in [0.25, 0.3) is 0 Å². The van der Waals surface area contributed by atoms with E-state index in [2.05, 4.69) is 4.74 Å². The van der Waals surface area contributed by atoms with E-state index in [0.29, 0.717) is 0 Å². The average Bonchev–Trinajstić information content (AvgIpc) is 3.14. The van der Waals surface area contributed by atoms with E-state index in [9.17, 15) is 0 Å². The van der Waals surface area contributed by atoms with Gasteiger partial charge in [0.15, 0.2) is 0 Å². The maximum absolute atomic E-state index is 4.91. The monoisotopic (exact) mass is 585 g/mol. The van der Waals surface area contributed by atoms with Gasteiger partial charge in [-0.05, 0) is 12.1 Å². The van der Waals surface area contributed by atoms with Gasteiger partial charge in [-0.1, -0.05) is 218 Å². The van der Waals surface area contributed by atoms with Crippen molar-refractivity contribution in [2.75, 3.05) is 21.3 Å². The van der Waals surface area contributed by atoms with E-state index in [1.165, 1.54) is 0 Å². The van der Waals surface area contributed by atoms with E-state index in [4.69, 9.17) is 4.74 Å². The van der Waals surface area contributed by atoms with Gasteiger partial charge in [0.2, 0.25) is 0 Å². The molecule has 0 aliphatic carbocycles. The van der Waals surface area contributed by atoms with Crippen LogP contribution in [0.3, 0.4) is 0 Å². The molecule has 0 saturated carbocycles. The number of benzene rings is 4. The fourth-order valence-corrected chi connectivity index (χ4v) is 1.71. The molecule has 4 rings (SSSR count). The van der Waals surface area contributed by atoms with Gasteiger partial charge >= 0.3 is 0 Å². The lowest BCUT2D eigenvalue weighted by Crippen LogP contribution is -1.78. The number of rotatable bonds is 1. The predicted molar refractivity (Wildman–Crippen MR) is 200 cm³/mol. The van der Waals surface area contributed by atoms with Crippen molar-refractivity contribution in [3.05, 3.63) is 140 Å². The van der Waals surface area contributed by atoms with E-state index in [0.717, 1.165) is 5.75 Å². The molecule has 0 aliphatic heterocycles. The van der Waals surface area contributed by atoms with Crippen LogP contribution in [0.25, 0.3) is 0 Å². The summed E-state index contributed by atoms with van der Waals surface area (Å²) in [5.41, 5.74) is 0. The highest BCUT2D eigenvalue weighted by Crippen LogP contribution is 2.05. The summed E-state index contributed by atoms with van der Waals surface area (Å²) < 4.78 is 9.16. The molecular weight excluding hydrogens is 512 g/mol. The Morgan fingerprint density at radius 1 is 0.286 bits per heavy atom. The first-order valence-corrected chi connectivity index (χ1v) is 15.3. The lowest BCUT2D eigenvalue weighted by molar-refractivity contribution is 0.277. The summed E-state index contributed by atoms with van der Waals surface area (Å²) in [6, 6.07) is 45.7. The Labute approximate surface area is 266 Å². The topological polar surface area (TPSA) is 18.5 Å². The summed E-state index contributed by atoms with van der Waals surface area (Å²) in [5.74, 6) is 0.910. The molecule has 0 saturated heterocycles. The molecule has 2 nitrogen and oxygen atoms in total. The zero-order chi connectivity index (χ0) is 33.3. The van der Waals surface area contributed by atoms with Crippen molar-refractivity contribution in [2.45, 2.75) is 90.5 Å². The summed E-state index contributed by atoms with van der Waals surface area (Å²) in [5, 5.41) is 0. The van der Waals surface area contributed by atoms with Gasteiger partial charge in [-0.15, -0.1) is 0 Å². The molecule has 0 N–H and O–H groups in total. The quantitative estimate of drug-likeness (QED) is 0.221. The van der Waals surface area contributed by atoms with Crippen molar-refractivity contribution in [3.8, 4) is 5.75 Å². The van der Waals surface area contributed by atoms with Gasteiger partial charge in [-0.2, -0.15) is 0 Å². The summed E-state index contributed by atoms with van der Waals surface area (Å²) in [6.07, 6.45) is 0. The zero-order valence-electron chi connectivity index (χ0n) is 29.6. The highest BCUT2D eigenvalue weighted by molar-refractivity contribution is 5.20. The minimum Gasteiger partial charge on any atom is -0.497 e. The van der Waals surface area contributed by atoms with Crippen molar-refractivity contribution in [2.24, 2.45) is 0 Å². The van der Waals surface area contributed by atoms with Crippen LogP contribution >= 0.6 is 0 Å². The first-order chi connectivity index (χ1) is 20.3. The first kappa shape index (κ1) is 58.3. The van der Waals surface area contributed by atoms with E-state index < -0.39 is 0 Å². The second-order valence-corrected chi connectivity index (χ2v) is 5.39. The van der Waals surface area contributed by atoms with Gasteiger partial charge in [-0.3, -0.25) is 0 Å². The third kappa shape index (κ3) is 76.7. The number of methoxy groups -OCH3 is 2. The van der Waals surface area contributed by atoms with Crippen molar-refractivity contribution >= 4 is 0 Å². The summed E-state index contributed by atoms with van der Waals surface area (Å²) in [7, 11) is 4.91. The summed E-state index contributed by atoms with van der Waals surface area (Å²) in [4.78, 5) is 0. The Morgan fingerprint density at radius 2 is 0.405 bits per heavy atom. The molecule has 0 heterocycles. The maximum Gasteiger partial charge on any atom is 0.118 e. The van der Waals surface area contributed by atoms with E-state index in [-0.39, 0.29) is 7.43 Å². The Kier molecular flexibility index (Phi) is 116. The third-order valence-corrected chi connectivity index (χ3v) is 2.98. The minimum absolute atomic E-state index is 0. The number of hydrogen-bond donors (Lipinski definition) is 0. The predicted octanol–water partition coefficient (Wildman–Crippen LogP) is 13.8. The highest BCUT2D eigenvalue weighted by atomic mass is 16.5. The summed E-state index contributed by atoms with van der Waals surface area (Å²) >= 11 is 0. The standard InChI is InChI=1S/C7H8O.3C6H6.C2H6O.6C2H6.CH4/c1-8-7-5-3-2-4-6-7;3*1-2-4-6-5-3-1;1-3-2;6*1-2;/h2-6H,1H3;3*1-6H;1-2H3;6*1-2H3;1H4. The van der Waals surface area contributed by atoms with Gasteiger partial charge < -0.3 is 9.47 Å². The molecule has 0 aromatic heterocycles. The molecule has 0 radical (unpaired) electrons. The van der Waals surface area contributed by atoms with Crippen LogP contribution in [0.4, 0.5) is 0 Å². The van der Waals surface area contributed by atoms with E-state index >= 15 is 0 Å². The second-order valence-electron chi connectivity index (χ2n) is 5.39. The molecule has 4 aromatic rings. The molecular formula is C40H72O2. The van der Waals surface area contributed by atoms with Crippen molar-refractivity contribution in [1.29, 1.82) is 0 Å². The number of hydrogen-bond acceptors (Lipinski definition) is 2. The van der Waals surface area contributed by atoms with Crippen molar-refractivity contribution < 1.29 is 9.47 Å². The van der Waals surface area contributed by atoms with Crippen LogP contribution in [0.15, 0.2) is 140 Å². The average molecular weight is 585 g/mol. The SMILES string of the molecule is C.CC.CC.CC.CC.CC.CC.COC.COc1ccccc1.c1ccccc1.c1ccccc1.c1ccccc1. The smallest absolute Gasteiger partial charge is 0.118 e.